The number of primary amides is 1. The molecule has 0 fully saturated rings. The summed E-state index contributed by atoms with van der Waals surface area (Å²) in [5.74, 6) is 1.54. The molecule has 0 radical (unpaired) electrons. The van der Waals surface area contributed by atoms with Gasteiger partial charge in [-0.15, -0.1) is 0 Å². The monoisotopic (exact) mass is 265 g/mol. The number of benzene rings is 1. The van der Waals surface area contributed by atoms with E-state index in [2.05, 4.69) is 0 Å². The van der Waals surface area contributed by atoms with Gasteiger partial charge in [0.2, 0.25) is 11.7 Å². The fourth-order valence-electron chi connectivity index (χ4n) is 2.65. The van der Waals surface area contributed by atoms with Gasteiger partial charge in [-0.1, -0.05) is 0 Å². The molecule has 104 valence electrons. The zero-order valence-corrected chi connectivity index (χ0v) is 11.5. The van der Waals surface area contributed by atoms with Crippen LogP contribution in [0.3, 0.4) is 0 Å². The molecule has 2 N–H and O–H groups in total. The standard InChI is InChI=1S/C14H19NO4/c1-17-11-7-9-6-8(14(15)16)4-5-10(9)12(18-2)13(11)19-3/h7-8H,4-6H2,1-3H3,(H2,15,16). The van der Waals surface area contributed by atoms with Gasteiger partial charge in [-0.2, -0.15) is 0 Å². The first-order chi connectivity index (χ1) is 9.12. The van der Waals surface area contributed by atoms with Crippen molar-refractivity contribution in [3.63, 3.8) is 0 Å². The number of rotatable bonds is 4. The van der Waals surface area contributed by atoms with Gasteiger partial charge in [0.25, 0.3) is 0 Å². The summed E-state index contributed by atoms with van der Waals surface area (Å²) in [6.07, 6.45) is 2.13. The Balaban J connectivity index is 2.51. The van der Waals surface area contributed by atoms with E-state index in [1.165, 1.54) is 0 Å². The summed E-state index contributed by atoms with van der Waals surface area (Å²) >= 11 is 0. The lowest BCUT2D eigenvalue weighted by Crippen LogP contribution is -2.28. The van der Waals surface area contributed by atoms with Crippen LogP contribution in [0.4, 0.5) is 0 Å². The number of hydrogen-bond donors (Lipinski definition) is 1. The number of nitrogens with two attached hydrogens (primary N) is 1. The molecule has 2 rings (SSSR count). The third-order valence-corrected chi connectivity index (χ3v) is 3.64. The van der Waals surface area contributed by atoms with Gasteiger partial charge in [-0.05, 0) is 30.9 Å². The van der Waals surface area contributed by atoms with E-state index >= 15 is 0 Å². The van der Waals surface area contributed by atoms with Crippen molar-refractivity contribution in [2.24, 2.45) is 11.7 Å². The Morgan fingerprint density at radius 3 is 2.42 bits per heavy atom. The number of methoxy groups -OCH3 is 3. The lowest BCUT2D eigenvalue weighted by Gasteiger charge is -2.26. The molecule has 5 heteroatoms. The van der Waals surface area contributed by atoms with Crippen molar-refractivity contribution in [2.75, 3.05) is 21.3 Å². The molecule has 1 unspecified atom stereocenters. The Morgan fingerprint density at radius 2 is 1.89 bits per heavy atom. The number of hydrogen-bond acceptors (Lipinski definition) is 4. The number of ether oxygens (including phenoxy) is 3. The average molecular weight is 265 g/mol. The predicted octanol–water partition coefficient (Wildman–Crippen LogP) is 1.30. The minimum Gasteiger partial charge on any atom is -0.493 e. The highest BCUT2D eigenvalue weighted by Crippen LogP contribution is 2.45. The second kappa shape index (κ2) is 5.38. The topological polar surface area (TPSA) is 70.8 Å². The van der Waals surface area contributed by atoms with Crippen molar-refractivity contribution in [3.05, 3.63) is 17.2 Å². The van der Waals surface area contributed by atoms with Crippen molar-refractivity contribution in [1.82, 2.24) is 0 Å². The van der Waals surface area contributed by atoms with Crippen LogP contribution in [-0.4, -0.2) is 27.2 Å². The summed E-state index contributed by atoms with van der Waals surface area (Å²) in [6, 6.07) is 1.91. The lowest BCUT2D eigenvalue weighted by molar-refractivity contribution is -0.122. The van der Waals surface area contributed by atoms with E-state index in [1.807, 2.05) is 6.07 Å². The van der Waals surface area contributed by atoms with Gasteiger partial charge in [0.05, 0.1) is 21.3 Å². The van der Waals surface area contributed by atoms with Crippen molar-refractivity contribution < 1.29 is 19.0 Å². The molecular weight excluding hydrogens is 246 g/mol. The first kappa shape index (κ1) is 13.5. The Hall–Kier alpha value is -1.91. The van der Waals surface area contributed by atoms with Crippen LogP contribution in [0, 0.1) is 5.92 Å². The number of amides is 1. The highest BCUT2D eigenvalue weighted by atomic mass is 16.5. The molecule has 0 bridgehead atoms. The maximum Gasteiger partial charge on any atom is 0.220 e. The van der Waals surface area contributed by atoms with E-state index in [4.69, 9.17) is 19.9 Å². The largest absolute Gasteiger partial charge is 0.493 e. The molecule has 0 saturated carbocycles. The summed E-state index contributed by atoms with van der Waals surface area (Å²) in [6.45, 7) is 0. The fourth-order valence-corrected chi connectivity index (χ4v) is 2.65. The minimum atomic E-state index is -0.251. The molecule has 0 heterocycles. The third-order valence-electron chi connectivity index (χ3n) is 3.64. The molecule has 0 aromatic heterocycles. The molecule has 1 amide bonds. The summed E-state index contributed by atoms with van der Waals surface area (Å²) in [7, 11) is 4.78. The molecule has 0 saturated heterocycles. The van der Waals surface area contributed by atoms with Crippen LogP contribution in [0.15, 0.2) is 6.07 Å². The van der Waals surface area contributed by atoms with Gasteiger partial charge >= 0.3 is 0 Å². The predicted molar refractivity (Wildman–Crippen MR) is 70.8 cm³/mol. The van der Waals surface area contributed by atoms with Crippen LogP contribution in [-0.2, 0) is 17.6 Å². The number of fused-ring (bicyclic) bond motifs is 1. The molecule has 1 aliphatic rings. The van der Waals surface area contributed by atoms with E-state index in [0.29, 0.717) is 23.7 Å². The SMILES string of the molecule is COc1cc2c(c(OC)c1OC)CCC(C(N)=O)C2. The van der Waals surface area contributed by atoms with Gasteiger partial charge in [-0.25, -0.2) is 0 Å². The Labute approximate surface area is 112 Å². The minimum absolute atomic E-state index is 0.115. The third kappa shape index (κ3) is 2.32. The maximum atomic E-state index is 11.3. The molecular formula is C14H19NO4. The molecule has 0 spiro atoms. The summed E-state index contributed by atoms with van der Waals surface area (Å²) in [4.78, 5) is 11.3. The van der Waals surface area contributed by atoms with Crippen molar-refractivity contribution in [1.29, 1.82) is 0 Å². The highest BCUT2D eigenvalue weighted by Gasteiger charge is 2.28. The summed E-state index contributed by atoms with van der Waals surface area (Å²) in [5, 5.41) is 0. The normalized spacial score (nSPS) is 17.5. The highest BCUT2D eigenvalue weighted by molar-refractivity contribution is 5.77. The maximum absolute atomic E-state index is 11.3. The Morgan fingerprint density at radius 1 is 1.21 bits per heavy atom. The van der Waals surface area contributed by atoms with Crippen LogP contribution in [0.1, 0.15) is 17.5 Å². The van der Waals surface area contributed by atoms with Crippen LogP contribution < -0.4 is 19.9 Å². The Bertz CT molecular complexity index is 499. The Kier molecular flexibility index (Phi) is 3.83. The van der Waals surface area contributed by atoms with Gasteiger partial charge < -0.3 is 19.9 Å². The zero-order chi connectivity index (χ0) is 14.0. The van der Waals surface area contributed by atoms with Gasteiger partial charge in [0.1, 0.15) is 0 Å². The van der Waals surface area contributed by atoms with Crippen LogP contribution in [0.25, 0.3) is 0 Å². The molecule has 1 aliphatic carbocycles. The van der Waals surface area contributed by atoms with E-state index in [0.717, 1.165) is 24.0 Å². The van der Waals surface area contributed by atoms with E-state index in [9.17, 15) is 4.79 Å². The van der Waals surface area contributed by atoms with E-state index < -0.39 is 0 Å². The first-order valence-electron chi connectivity index (χ1n) is 6.22. The first-order valence-corrected chi connectivity index (χ1v) is 6.22. The average Bonchev–Trinajstić information content (AvgIpc) is 2.43. The fraction of sp³-hybridized carbons (Fsp3) is 0.500. The van der Waals surface area contributed by atoms with Gasteiger partial charge in [-0.3, -0.25) is 4.79 Å². The second-order valence-corrected chi connectivity index (χ2v) is 4.63. The summed E-state index contributed by atoms with van der Waals surface area (Å²) < 4.78 is 16.1. The van der Waals surface area contributed by atoms with Crippen LogP contribution >= 0.6 is 0 Å². The number of carbonyl (C=O) groups excluding carboxylic acids is 1. The van der Waals surface area contributed by atoms with Crippen LogP contribution in [0.5, 0.6) is 17.2 Å². The second-order valence-electron chi connectivity index (χ2n) is 4.63. The molecule has 5 nitrogen and oxygen atoms in total. The lowest BCUT2D eigenvalue weighted by atomic mass is 9.82. The van der Waals surface area contributed by atoms with Crippen molar-refractivity contribution >= 4 is 5.91 Å². The number of carbonyl (C=O) groups is 1. The van der Waals surface area contributed by atoms with Gasteiger partial charge in [0.15, 0.2) is 11.5 Å². The molecule has 19 heavy (non-hydrogen) atoms. The molecule has 1 atom stereocenters. The van der Waals surface area contributed by atoms with E-state index in [1.54, 1.807) is 21.3 Å². The van der Waals surface area contributed by atoms with E-state index in [-0.39, 0.29) is 11.8 Å². The van der Waals surface area contributed by atoms with Gasteiger partial charge in [0, 0.05) is 11.5 Å². The van der Waals surface area contributed by atoms with Crippen LogP contribution in [0.2, 0.25) is 0 Å². The quantitative estimate of drug-likeness (QED) is 0.890. The molecule has 1 aromatic rings. The zero-order valence-electron chi connectivity index (χ0n) is 11.5. The molecule has 0 aliphatic heterocycles. The van der Waals surface area contributed by atoms with Crippen molar-refractivity contribution in [2.45, 2.75) is 19.3 Å². The molecule has 1 aromatic carbocycles. The smallest absolute Gasteiger partial charge is 0.220 e. The summed E-state index contributed by atoms with van der Waals surface area (Å²) in [5.41, 5.74) is 7.52. The van der Waals surface area contributed by atoms with Crippen molar-refractivity contribution in [3.8, 4) is 17.2 Å².